The molecule has 7 heteroatoms. The molecule has 0 unspecified atom stereocenters. The summed E-state index contributed by atoms with van der Waals surface area (Å²) in [6.07, 6.45) is 3.89. The number of anilines is 1. The van der Waals surface area contributed by atoms with E-state index in [2.05, 4.69) is 32.9 Å². The first-order valence-corrected chi connectivity index (χ1v) is 8.96. The second kappa shape index (κ2) is 9.45. The minimum absolute atomic E-state index is 0.613. The van der Waals surface area contributed by atoms with Crippen molar-refractivity contribution in [1.82, 2.24) is 15.1 Å². The summed E-state index contributed by atoms with van der Waals surface area (Å²) in [5.74, 6) is 2.00. The van der Waals surface area contributed by atoms with Crippen LogP contribution in [0.1, 0.15) is 11.1 Å². The molecular formula is C21H25N5O2. The van der Waals surface area contributed by atoms with E-state index in [4.69, 9.17) is 9.47 Å². The molecule has 0 radical (unpaired) electrons. The summed E-state index contributed by atoms with van der Waals surface area (Å²) >= 11 is 0. The van der Waals surface area contributed by atoms with Crippen molar-refractivity contribution in [3.05, 3.63) is 72.1 Å². The lowest BCUT2D eigenvalue weighted by Gasteiger charge is -2.13. The number of nitrogens with zero attached hydrogens (tertiary/aromatic N) is 3. The van der Waals surface area contributed by atoms with Gasteiger partial charge in [-0.15, -0.1) is 0 Å². The van der Waals surface area contributed by atoms with Gasteiger partial charge < -0.3 is 20.1 Å². The fourth-order valence-corrected chi connectivity index (χ4v) is 2.77. The van der Waals surface area contributed by atoms with Crippen molar-refractivity contribution in [2.75, 3.05) is 26.6 Å². The van der Waals surface area contributed by atoms with Gasteiger partial charge in [0.15, 0.2) is 17.5 Å². The molecule has 0 aliphatic carbocycles. The summed E-state index contributed by atoms with van der Waals surface area (Å²) in [5, 5.41) is 11.0. The standard InChI is InChI=1S/C21H25N5O2/c1-22-21(25-18-9-10-19(27-2)20(11-18)28-3)23-12-17-13-24-26(15-17)14-16-7-5-4-6-8-16/h4-11,13,15H,12,14H2,1-3H3,(H2,22,23,25). The molecule has 1 aromatic heterocycles. The van der Waals surface area contributed by atoms with Crippen LogP contribution in [0.25, 0.3) is 0 Å². The Bertz CT molecular complexity index is 922. The Morgan fingerprint density at radius 3 is 2.54 bits per heavy atom. The van der Waals surface area contributed by atoms with Gasteiger partial charge in [-0.05, 0) is 17.7 Å². The smallest absolute Gasteiger partial charge is 0.195 e. The number of aliphatic imine (C=N–C) groups is 1. The second-order valence-electron chi connectivity index (χ2n) is 6.15. The Morgan fingerprint density at radius 2 is 1.82 bits per heavy atom. The molecule has 0 fully saturated rings. The first kappa shape index (κ1) is 19.3. The van der Waals surface area contributed by atoms with Crippen molar-refractivity contribution in [2.45, 2.75) is 13.1 Å². The highest BCUT2D eigenvalue weighted by Crippen LogP contribution is 2.29. The molecule has 0 aliphatic rings. The number of hydrogen-bond acceptors (Lipinski definition) is 4. The summed E-state index contributed by atoms with van der Waals surface area (Å²) in [5.41, 5.74) is 3.15. The summed E-state index contributed by atoms with van der Waals surface area (Å²) in [7, 11) is 4.96. The van der Waals surface area contributed by atoms with Crippen LogP contribution in [0.3, 0.4) is 0 Å². The van der Waals surface area contributed by atoms with Gasteiger partial charge in [0.25, 0.3) is 0 Å². The van der Waals surface area contributed by atoms with E-state index in [1.54, 1.807) is 21.3 Å². The molecule has 0 amide bonds. The lowest BCUT2D eigenvalue weighted by atomic mass is 10.2. The fourth-order valence-electron chi connectivity index (χ4n) is 2.77. The van der Waals surface area contributed by atoms with Gasteiger partial charge in [-0.3, -0.25) is 9.67 Å². The Kier molecular flexibility index (Phi) is 6.51. The Balaban J connectivity index is 1.57. The fraction of sp³-hybridized carbons (Fsp3) is 0.238. The molecule has 2 aromatic carbocycles. The van der Waals surface area contributed by atoms with Crippen molar-refractivity contribution in [2.24, 2.45) is 4.99 Å². The van der Waals surface area contributed by atoms with Gasteiger partial charge in [0.05, 0.1) is 27.0 Å². The van der Waals surface area contributed by atoms with Crippen molar-refractivity contribution in [1.29, 1.82) is 0 Å². The highest BCUT2D eigenvalue weighted by molar-refractivity contribution is 5.93. The normalized spacial score (nSPS) is 11.2. The van der Waals surface area contributed by atoms with Crippen LogP contribution in [-0.4, -0.2) is 37.0 Å². The molecule has 3 rings (SSSR count). The third-order valence-electron chi connectivity index (χ3n) is 4.20. The van der Waals surface area contributed by atoms with Gasteiger partial charge in [0.2, 0.25) is 0 Å². The number of ether oxygens (including phenoxy) is 2. The lowest BCUT2D eigenvalue weighted by Crippen LogP contribution is -2.30. The largest absolute Gasteiger partial charge is 0.493 e. The van der Waals surface area contributed by atoms with E-state index < -0.39 is 0 Å². The van der Waals surface area contributed by atoms with Crippen LogP contribution >= 0.6 is 0 Å². The maximum atomic E-state index is 5.34. The van der Waals surface area contributed by atoms with E-state index in [0.717, 1.165) is 17.8 Å². The molecule has 0 saturated carbocycles. The number of nitrogens with one attached hydrogen (secondary N) is 2. The van der Waals surface area contributed by atoms with Crippen LogP contribution < -0.4 is 20.1 Å². The van der Waals surface area contributed by atoms with Crippen LogP contribution in [0.5, 0.6) is 11.5 Å². The van der Waals surface area contributed by atoms with E-state index in [9.17, 15) is 0 Å². The third kappa shape index (κ3) is 5.03. The van der Waals surface area contributed by atoms with Crippen molar-refractivity contribution in [3.63, 3.8) is 0 Å². The monoisotopic (exact) mass is 379 g/mol. The zero-order valence-corrected chi connectivity index (χ0v) is 16.3. The zero-order chi connectivity index (χ0) is 19.8. The highest BCUT2D eigenvalue weighted by atomic mass is 16.5. The SMILES string of the molecule is CN=C(NCc1cnn(Cc2ccccc2)c1)Nc1ccc(OC)c(OC)c1. The number of methoxy groups -OCH3 is 2. The zero-order valence-electron chi connectivity index (χ0n) is 16.3. The van der Waals surface area contributed by atoms with Crippen molar-refractivity contribution >= 4 is 11.6 Å². The summed E-state index contributed by atoms with van der Waals surface area (Å²) < 4.78 is 12.5. The van der Waals surface area contributed by atoms with Crippen LogP contribution in [-0.2, 0) is 13.1 Å². The van der Waals surface area contributed by atoms with Gasteiger partial charge in [-0.2, -0.15) is 5.10 Å². The Labute approximate surface area is 165 Å². The highest BCUT2D eigenvalue weighted by Gasteiger charge is 2.07. The molecule has 0 aliphatic heterocycles. The second-order valence-corrected chi connectivity index (χ2v) is 6.15. The van der Waals surface area contributed by atoms with Crippen molar-refractivity contribution < 1.29 is 9.47 Å². The van der Waals surface area contributed by atoms with Crippen LogP contribution in [0.4, 0.5) is 5.69 Å². The predicted molar refractivity (Wildman–Crippen MR) is 111 cm³/mol. The van der Waals surface area contributed by atoms with Gasteiger partial charge in [0.1, 0.15) is 0 Å². The number of benzene rings is 2. The molecule has 0 saturated heterocycles. The predicted octanol–water partition coefficient (Wildman–Crippen LogP) is 3.14. The van der Waals surface area contributed by atoms with E-state index >= 15 is 0 Å². The molecule has 0 atom stereocenters. The molecule has 7 nitrogen and oxygen atoms in total. The van der Waals surface area contributed by atoms with Crippen LogP contribution in [0.15, 0.2) is 65.9 Å². The molecule has 3 aromatic rings. The quantitative estimate of drug-likeness (QED) is 0.487. The van der Waals surface area contributed by atoms with Gasteiger partial charge in [0, 0.05) is 37.1 Å². The first-order valence-electron chi connectivity index (χ1n) is 8.96. The van der Waals surface area contributed by atoms with Gasteiger partial charge in [-0.1, -0.05) is 30.3 Å². The minimum atomic E-state index is 0.613. The number of hydrogen-bond donors (Lipinski definition) is 2. The van der Waals surface area contributed by atoms with E-state index in [1.165, 1.54) is 5.56 Å². The average Bonchev–Trinajstić information content (AvgIpc) is 3.18. The molecule has 1 heterocycles. The average molecular weight is 379 g/mol. The topological polar surface area (TPSA) is 72.7 Å². The molecule has 28 heavy (non-hydrogen) atoms. The number of aromatic nitrogens is 2. The first-order chi connectivity index (χ1) is 13.7. The van der Waals surface area contributed by atoms with Gasteiger partial charge in [-0.25, -0.2) is 0 Å². The Morgan fingerprint density at radius 1 is 1.04 bits per heavy atom. The third-order valence-corrected chi connectivity index (χ3v) is 4.20. The molecule has 146 valence electrons. The van der Waals surface area contributed by atoms with E-state index in [-0.39, 0.29) is 0 Å². The minimum Gasteiger partial charge on any atom is -0.493 e. The van der Waals surface area contributed by atoms with Crippen molar-refractivity contribution in [3.8, 4) is 11.5 Å². The number of rotatable bonds is 7. The Hall–Kier alpha value is -3.48. The van der Waals surface area contributed by atoms with Crippen LogP contribution in [0, 0.1) is 0 Å². The van der Waals surface area contributed by atoms with Gasteiger partial charge >= 0.3 is 0 Å². The van der Waals surface area contributed by atoms with E-state index in [1.807, 2.05) is 53.5 Å². The summed E-state index contributed by atoms with van der Waals surface area (Å²) in [4.78, 5) is 4.27. The summed E-state index contributed by atoms with van der Waals surface area (Å²) in [6, 6.07) is 15.9. The van der Waals surface area contributed by atoms with E-state index in [0.29, 0.717) is 24.0 Å². The molecule has 2 N–H and O–H groups in total. The van der Waals surface area contributed by atoms with Crippen LogP contribution in [0.2, 0.25) is 0 Å². The lowest BCUT2D eigenvalue weighted by molar-refractivity contribution is 0.355. The summed E-state index contributed by atoms with van der Waals surface area (Å²) in [6.45, 7) is 1.36. The molecule has 0 bridgehead atoms. The number of guanidine groups is 1. The molecular weight excluding hydrogens is 354 g/mol. The molecule has 0 spiro atoms. The maximum Gasteiger partial charge on any atom is 0.195 e. The maximum absolute atomic E-state index is 5.34.